The molecule has 11 nitrogen and oxygen atoms in total. The molecule has 0 saturated carbocycles. The molecule has 3 aliphatic rings. The molecule has 0 spiro atoms. The number of alkyl halides is 6. The highest BCUT2D eigenvalue weighted by Gasteiger charge is 2.37. The second-order valence-corrected chi connectivity index (χ2v) is 15.1. The van der Waals surface area contributed by atoms with Crippen molar-refractivity contribution < 1.29 is 40.7 Å². The summed E-state index contributed by atoms with van der Waals surface area (Å²) in [5.74, 6) is -1.09. The number of benzene rings is 2. The fourth-order valence-corrected chi connectivity index (χ4v) is 8.24. The third-order valence-electron chi connectivity index (χ3n) is 11.3. The Labute approximate surface area is 318 Å². The minimum atomic E-state index is -4.90. The minimum absolute atomic E-state index is 0.116. The van der Waals surface area contributed by atoms with Gasteiger partial charge in [0.25, 0.3) is 5.56 Å². The second-order valence-electron chi connectivity index (χ2n) is 15.1. The van der Waals surface area contributed by atoms with Crippen molar-refractivity contribution in [3.05, 3.63) is 75.8 Å². The zero-order valence-electron chi connectivity index (χ0n) is 30.7. The molecule has 4 aromatic rings. The monoisotopic (exact) mass is 787 g/mol. The molecule has 56 heavy (non-hydrogen) atoms. The van der Waals surface area contributed by atoms with E-state index in [-0.39, 0.29) is 53.4 Å². The van der Waals surface area contributed by atoms with Crippen molar-refractivity contribution in [2.75, 3.05) is 38.0 Å². The summed E-state index contributed by atoms with van der Waals surface area (Å²) in [5, 5.41) is 12.2. The van der Waals surface area contributed by atoms with Crippen LogP contribution in [0, 0.1) is 5.92 Å². The number of halogens is 6. The number of amides is 2. The van der Waals surface area contributed by atoms with Gasteiger partial charge in [0.1, 0.15) is 17.3 Å². The van der Waals surface area contributed by atoms with Crippen molar-refractivity contribution >= 4 is 28.4 Å². The molecule has 1 unspecified atom stereocenters. The van der Waals surface area contributed by atoms with Gasteiger partial charge in [-0.15, -0.1) is 13.2 Å². The predicted octanol–water partition coefficient (Wildman–Crippen LogP) is 6.54. The van der Waals surface area contributed by atoms with E-state index in [1.165, 1.54) is 22.9 Å². The summed E-state index contributed by atoms with van der Waals surface area (Å²) >= 11 is 0. The number of nitrogens with zero attached hydrogens (tertiary/aromatic N) is 4. The van der Waals surface area contributed by atoms with Crippen LogP contribution < -0.4 is 20.9 Å². The number of rotatable bonds is 10. The van der Waals surface area contributed by atoms with Crippen LogP contribution in [0.25, 0.3) is 22.0 Å². The Morgan fingerprint density at radius 2 is 1.64 bits per heavy atom. The zero-order chi connectivity index (χ0) is 39.8. The highest BCUT2D eigenvalue weighted by atomic mass is 19.4. The van der Waals surface area contributed by atoms with Crippen molar-refractivity contribution in [1.29, 1.82) is 0 Å². The number of hydrogen-bond donors (Lipinski definition) is 3. The van der Waals surface area contributed by atoms with Crippen LogP contribution in [0.2, 0.25) is 0 Å². The Hall–Kier alpha value is -4.90. The number of imide groups is 1. The molecule has 300 valence electrons. The van der Waals surface area contributed by atoms with Crippen molar-refractivity contribution in [2.24, 2.45) is 13.0 Å². The lowest BCUT2D eigenvalue weighted by molar-refractivity contribution is -0.275. The minimum Gasteiger partial charge on any atom is -0.405 e. The Kier molecular flexibility index (Phi) is 11.2. The normalized spacial score (nSPS) is 19.7. The second kappa shape index (κ2) is 15.9. The first-order valence-electron chi connectivity index (χ1n) is 18.8. The maximum absolute atomic E-state index is 14.2. The van der Waals surface area contributed by atoms with Crippen LogP contribution >= 0.6 is 0 Å². The van der Waals surface area contributed by atoms with Crippen LogP contribution in [0.3, 0.4) is 0 Å². The number of aryl methyl sites for hydroxylation is 1. The number of nitrogens with one attached hydrogen (secondary N) is 3. The lowest BCUT2D eigenvalue weighted by atomic mass is 9.85. The molecule has 0 bridgehead atoms. The Morgan fingerprint density at radius 1 is 0.911 bits per heavy atom. The Morgan fingerprint density at radius 3 is 2.34 bits per heavy atom. The topological polar surface area (TPSA) is 125 Å². The van der Waals surface area contributed by atoms with Gasteiger partial charge in [0.2, 0.25) is 11.8 Å². The first-order chi connectivity index (χ1) is 26.6. The van der Waals surface area contributed by atoms with E-state index in [2.05, 4.69) is 35.4 Å². The largest absolute Gasteiger partial charge is 0.573 e. The third kappa shape index (κ3) is 9.04. The number of H-pyrrole nitrogens is 1. The van der Waals surface area contributed by atoms with Crippen LogP contribution in [0.4, 0.5) is 32.0 Å². The van der Waals surface area contributed by atoms with Gasteiger partial charge in [-0.25, -0.2) is 0 Å². The SMILES string of the molecule is Cn1cc(-c2ccc(CN3CCC(CCN4CCC(c5ccc(NC6CCC(=O)NC6=O)cc5C(F)(F)F)CC4)CC3)c(OC(F)(F)F)c2)c2cn[nH]c2c1=O. The number of carbonyl (C=O) groups is 2. The van der Waals surface area contributed by atoms with Gasteiger partial charge in [-0.2, -0.15) is 18.3 Å². The van der Waals surface area contributed by atoms with E-state index in [1.807, 2.05) is 0 Å². The van der Waals surface area contributed by atoms with Gasteiger partial charge in [0, 0.05) is 48.4 Å². The average molecular weight is 788 g/mol. The fraction of sp³-hybridized carbons (Fsp3) is 0.487. The molecule has 0 radical (unpaired) electrons. The van der Waals surface area contributed by atoms with E-state index in [4.69, 9.17) is 0 Å². The van der Waals surface area contributed by atoms with Crippen LogP contribution in [0.15, 0.2) is 53.6 Å². The molecule has 3 fully saturated rings. The first-order valence-corrected chi connectivity index (χ1v) is 18.8. The predicted molar refractivity (Wildman–Crippen MR) is 196 cm³/mol. The standard InChI is InChI=1S/C39H43F6N7O4/c1-50-22-30(29-20-46-49-35(29)37(50)55)25-2-3-26(33(18-25)56-39(43,44)45)21-52-14-9-23(10-15-52)8-13-51-16-11-24(12-17-51)28-5-4-27(19-31(28)38(40,41)42)47-32-6-7-34(53)48-36(32)54/h2-5,18-20,22-24,32,47H,6-17,21H2,1H3,(H,46,49)(H,48,53,54). The number of carbonyl (C=O) groups excluding carboxylic acids is 2. The summed E-state index contributed by atoms with van der Waals surface area (Å²) in [7, 11) is 1.56. The maximum Gasteiger partial charge on any atom is 0.573 e. The molecule has 17 heteroatoms. The molecule has 7 rings (SSSR count). The summed E-state index contributed by atoms with van der Waals surface area (Å²) in [6.45, 7) is 3.82. The van der Waals surface area contributed by atoms with Gasteiger partial charge >= 0.3 is 12.5 Å². The van der Waals surface area contributed by atoms with Crippen LogP contribution in [0.1, 0.15) is 67.6 Å². The number of aromatic nitrogens is 3. The quantitative estimate of drug-likeness (QED) is 0.122. The summed E-state index contributed by atoms with van der Waals surface area (Å²) in [6, 6.07) is 8.06. The van der Waals surface area contributed by atoms with E-state index in [9.17, 15) is 40.7 Å². The number of hydrogen-bond acceptors (Lipinski definition) is 8. The molecular formula is C39H43F6N7O4. The van der Waals surface area contributed by atoms with Gasteiger partial charge in [-0.1, -0.05) is 18.2 Å². The number of aromatic amines is 1. The Bertz CT molecular complexity index is 2130. The van der Waals surface area contributed by atoms with Gasteiger partial charge < -0.3 is 19.5 Å². The van der Waals surface area contributed by atoms with E-state index in [1.54, 1.807) is 31.4 Å². The molecule has 0 aliphatic carbocycles. The van der Waals surface area contributed by atoms with Crippen molar-refractivity contribution in [1.82, 2.24) is 29.9 Å². The molecule has 2 aromatic heterocycles. The van der Waals surface area contributed by atoms with E-state index < -0.39 is 36.0 Å². The lowest BCUT2D eigenvalue weighted by Crippen LogP contribution is -2.47. The number of ether oxygens (including phenoxy) is 1. The molecule has 5 heterocycles. The summed E-state index contributed by atoms with van der Waals surface area (Å²) in [5.41, 5.74) is 1.06. The number of likely N-dealkylation sites (tertiary alicyclic amines) is 2. The number of fused-ring (bicyclic) bond motifs is 1. The lowest BCUT2D eigenvalue weighted by Gasteiger charge is -2.36. The van der Waals surface area contributed by atoms with Crippen LogP contribution in [0.5, 0.6) is 5.75 Å². The zero-order valence-corrected chi connectivity index (χ0v) is 30.7. The number of piperidine rings is 3. The average Bonchev–Trinajstić information content (AvgIpc) is 3.65. The molecule has 3 saturated heterocycles. The highest BCUT2D eigenvalue weighted by molar-refractivity contribution is 6.01. The maximum atomic E-state index is 14.2. The Balaban J connectivity index is 0.915. The van der Waals surface area contributed by atoms with E-state index in [0.29, 0.717) is 67.0 Å². The van der Waals surface area contributed by atoms with Gasteiger partial charge in [-0.05, 0) is 112 Å². The molecule has 2 aromatic carbocycles. The van der Waals surface area contributed by atoms with Gasteiger partial charge in [-0.3, -0.25) is 29.7 Å². The van der Waals surface area contributed by atoms with Gasteiger partial charge in [0.05, 0.1) is 11.8 Å². The molecule has 1 atom stereocenters. The van der Waals surface area contributed by atoms with Gasteiger partial charge in [0.15, 0.2) is 0 Å². The number of anilines is 1. The molecule has 2 amide bonds. The summed E-state index contributed by atoms with van der Waals surface area (Å²) in [6.07, 6.45) is -2.29. The van der Waals surface area contributed by atoms with Crippen molar-refractivity contribution in [2.45, 2.75) is 76.0 Å². The van der Waals surface area contributed by atoms with Crippen molar-refractivity contribution in [3.8, 4) is 16.9 Å². The van der Waals surface area contributed by atoms with Crippen LogP contribution in [-0.2, 0) is 29.4 Å². The highest BCUT2D eigenvalue weighted by Crippen LogP contribution is 2.41. The summed E-state index contributed by atoms with van der Waals surface area (Å²) < 4.78 is 89.2. The number of pyridine rings is 1. The summed E-state index contributed by atoms with van der Waals surface area (Å²) in [4.78, 5) is 40.5. The molecule has 3 N–H and O–H groups in total. The van der Waals surface area contributed by atoms with Crippen molar-refractivity contribution in [3.63, 3.8) is 0 Å². The smallest absolute Gasteiger partial charge is 0.405 e. The van der Waals surface area contributed by atoms with Crippen LogP contribution in [-0.4, -0.2) is 81.5 Å². The fourth-order valence-electron chi connectivity index (χ4n) is 8.24. The molecular weight excluding hydrogens is 744 g/mol. The van der Waals surface area contributed by atoms with E-state index >= 15 is 0 Å². The van der Waals surface area contributed by atoms with E-state index in [0.717, 1.165) is 31.9 Å². The first kappa shape index (κ1) is 39.3. The third-order valence-corrected chi connectivity index (χ3v) is 11.3. The molecule has 3 aliphatic heterocycles.